The van der Waals surface area contributed by atoms with Gasteiger partial charge in [0.25, 0.3) is 0 Å². The van der Waals surface area contributed by atoms with Gasteiger partial charge in [0.2, 0.25) is 44.8 Å². The standard InChI is InChI=1S/C25H27F3N.C25H30N.2C23H26N/c1-14-11-15(2)16(3)17(12-14)21-13-19-22-18(9-8-10-20(22)29(21)7)24(6,23(19,4)5)25(26,27)28;1-15-12-16(2)17(3)18(13-15)22-14-20-23-19(24(4,5)25(20,6)7)10-9-11-21(23)26(22)8;1-13-10-14(2)15(3)19(11-13)22-12-20-17(5)16(4)18-8-7-9-21(23(18)20)24(22)6;1-15-12-16(2)17(3)20(13-15)22-14-19-9-6-5-8-18-10-7-11-21(23(18)19)24(22)4/h8-13H,1-7H3;9-14H,1-8H3;7-12,16-17H,1-6H3;7,10-14H,5-6,8-9H2,1-4H3/q4*+1. The second-order valence-corrected chi connectivity index (χ2v) is 33.4. The van der Waals surface area contributed by atoms with Gasteiger partial charge in [0.1, 0.15) is 28.2 Å². The Bertz CT molecular complexity index is 5520. The average Bonchev–Trinajstić information content (AvgIpc) is 1.53. The van der Waals surface area contributed by atoms with Crippen LogP contribution in [0.15, 0.2) is 146 Å². The first-order valence-corrected chi connectivity index (χ1v) is 37.6. The second kappa shape index (κ2) is 25.8. The maximum absolute atomic E-state index is 14.4. The number of benzene rings is 8. The van der Waals surface area contributed by atoms with Gasteiger partial charge in [-0.2, -0.15) is 31.4 Å². The fourth-order valence-electron chi connectivity index (χ4n) is 18.7. The Labute approximate surface area is 612 Å². The summed E-state index contributed by atoms with van der Waals surface area (Å²) in [6.45, 7) is 45.3. The molecule has 0 radical (unpaired) electrons. The third kappa shape index (κ3) is 11.4. The minimum absolute atomic E-state index is 0.102. The van der Waals surface area contributed by atoms with Crippen LogP contribution in [-0.2, 0) is 62.7 Å². The summed E-state index contributed by atoms with van der Waals surface area (Å²) in [5.74, 6) is 1.18. The molecule has 103 heavy (non-hydrogen) atoms. The molecule has 4 aliphatic carbocycles. The molecule has 4 nitrogen and oxygen atoms in total. The lowest BCUT2D eigenvalue weighted by Crippen LogP contribution is -2.50. The summed E-state index contributed by atoms with van der Waals surface area (Å²) in [6, 6.07) is 53.3. The molecule has 0 bridgehead atoms. The van der Waals surface area contributed by atoms with E-state index < -0.39 is 17.0 Å². The van der Waals surface area contributed by atoms with E-state index in [0.717, 1.165) is 38.9 Å². The first-order chi connectivity index (χ1) is 48.3. The molecule has 0 spiro atoms. The molecule has 16 rings (SSSR count). The van der Waals surface area contributed by atoms with E-state index in [1.165, 1.54) is 188 Å². The molecular formula is C96H109F3N4+4. The maximum atomic E-state index is 14.4. The van der Waals surface area contributed by atoms with E-state index in [-0.39, 0.29) is 10.8 Å². The summed E-state index contributed by atoms with van der Waals surface area (Å²) in [6.07, 6.45) is 0.661. The van der Waals surface area contributed by atoms with E-state index in [1.807, 2.05) is 23.7 Å². The highest BCUT2D eigenvalue weighted by atomic mass is 19.4. The number of hydrogen-bond donors (Lipinski definition) is 0. The summed E-state index contributed by atoms with van der Waals surface area (Å²) in [5.41, 5.74) is 38.2. The molecule has 3 unspecified atom stereocenters. The Kier molecular flexibility index (Phi) is 18.2. The smallest absolute Gasteiger partial charge is 0.194 e. The summed E-state index contributed by atoms with van der Waals surface area (Å²) in [7, 11) is 8.60. The topological polar surface area (TPSA) is 15.5 Å². The Morgan fingerprint density at radius 1 is 0.330 bits per heavy atom. The lowest BCUT2D eigenvalue weighted by Gasteiger charge is -2.41. The van der Waals surface area contributed by atoms with Crippen molar-refractivity contribution in [3.05, 3.63) is 257 Å². The van der Waals surface area contributed by atoms with E-state index in [1.54, 1.807) is 26.0 Å². The molecule has 3 atom stereocenters. The van der Waals surface area contributed by atoms with Gasteiger partial charge in [0, 0.05) is 76.2 Å². The average molecular weight is 1380 g/mol. The van der Waals surface area contributed by atoms with Crippen LogP contribution < -0.4 is 18.3 Å². The predicted molar refractivity (Wildman–Crippen MR) is 425 cm³/mol. The zero-order valence-electron chi connectivity index (χ0n) is 66.3. The van der Waals surface area contributed by atoms with E-state index in [9.17, 15) is 13.2 Å². The quantitative estimate of drug-likeness (QED) is 0.156. The highest BCUT2D eigenvalue weighted by molar-refractivity contribution is 5.94. The highest BCUT2D eigenvalue weighted by Crippen LogP contribution is 2.61. The zero-order valence-corrected chi connectivity index (χ0v) is 66.3. The van der Waals surface area contributed by atoms with Crippen LogP contribution in [-0.4, -0.2) is 6.18 Å². The maximum Gasteiger partial charge on any atom is 0.399 e. The molecule has 4 aliphatic rings. The minimum Gasteiger partial charge on any atom is -0.194 e. The number of alkyl halides is 3. The Balaban J connectivity index is 0.000000123. The number of aryl methyl sites for hydroxylation is 14. The van der Waals surface area contributed by atoms with Crippen molar-refractivity contribution in [2.75, 3.05) is 0 Å². The largest absolute Gasteiger partial charge is 0.399 e. The van der Waals surface area contributed by atoms with Gasteiger partial charge in [-0.05, 0) is 252 Å². The third-order valence-electron chi connectivity index (χ3n) is 26.7. The Hall–Kier alpha value is -8.81. The Morgan fingerprint density at radius 2 is 0.660 bits per heavy atom. The molecule has 12 aromatic rings. The summed E-state index contributed by atoms with van der Waals surface area (Å²) < 4.78 is 52.5. The summed E-state index contributed by atoms with van der Waals surface area (Å²) in [4.78, 5) is 0. The van der Waals surface area contributed by atoms with Crippen molar-refractivity contribution < 1.29 is 31.4 Å². The first kappa shape index (κ1) is 72.5. The molecule has 0 fully saturated rings. The van der Waals surface area contributed by atoms with Crippen LogP contribution in [0.1, 0.15) is 198 Å². The summed E-state index contributed by atoms with van der Waals surface area (Å²) in [5, 5.41) is 5.18. The molecule has 0 N–H and O–H groups in total. The van der Waals surface area contributed by atoms with Crippen molar-refractivity contribution in [1.29, 1.82) is 0 Å². The number of pyridine rings is 4. The van der Waals surface area contributed by atoms with Crippen molar-refractivity contribution >= 4 is 43.6 Å². The van der Waals surface area contributed by atoms with Gasteiger partial charge < -0.3 is 0 Å². The number of rotatable bonds is 4. The van der Waals surface area contributed by atoms with Crippen molar-refractivity contribution in [3.63, 3.8) is 0 Å². The second-order valence-electron chi connectivity index (χ2n) is 33.4. The monoisotopic (exact) mass is 1370 g/mol. The molecule has 530 valence electrons. The van der Waals surface area contributed by atoms with Crippen LogP contribution in [0.5, 0.6) is 0 Å². The molecular weight excluding hydrogens is 1270 g/mol. The number of halogens is 3. The predicted octanol–water partition coefficient (Wildman–Crippen LogP) is 22.8. The van der Waals surface area contributed by atoms with Gasteiger partial charge in [-0.1, -0.05) is 150 Å². The molecule has 0 saturated heterocycles. The number of hydrogen-bond acceptors (Lipinski definition) is 0. The molecule has 0 aliphatic heterocycles. The molecule has 7 heteroatoms. The van der Waals surface area contributed by atoms with E-state index >= 15 is 0 Å². The SMILES string of the molecule is Cc1cc(C)c(C)c(-c2cc3c4c(cccc4[n+]2C)C(C)(C(F)(F)F)C3(C)C)c1.Cc1cc(C)c(C)c(-c2cc3c4c(cccc4[n+]2C)C(C)(C)C3(C)C)c1.Cc1cc(C)c(C)c(-c2cc3c4c(cccc4[n+]2C)C(C)C3C)c1.Cc1cc(C)c(C)c(-c2cc3c4c(cccc4[n+]2C)CCCC3)c1. The molecule has 4 aromatic heterocycles. The van der Waals surface area contributed by atoms with Crippen LogP contribution >= 0.6 is 0 Å². The van der Waals surface area contributed by atoms with Crippen molar-refractivity contribution in [3.8, 4) is 45.0 Å². The molecule has 0 saturated carbocycles. The van der Waals surface area contributed by atoms with Crippen LogP contribution in [0.4, 0.5) is 13.2 Å². The number of aromatic nitrogens is 4. The Morgan fingerprint density at radius 3 is 1.10 bits per heavy atom. The first-order valence-electron chi connectivity index (χ1n) is 37.6. The highest BCUT2D eigenvalue weighted by Gasteiger charge is 2.66. The van der Waals surface area contributed by atoms with Gasteiger partial charge in [-0.25, -0.2) is 0 Å². The van der Waals surface area contributed by atoms with Crippen molar-refractivity contribution in [1.82, 2.24) is 0 Å². The molecule has 4 heterocycles. The van der Waals surface area contributed by atoms with Gasteiger partial charge in [0.05, 0.1) is 27.0 Å². The van der Waals surface area contributed by atoms with Gasteiger partial charge in [-0.3, -0.25) is 0 Å². The van der Waals surface area contributed by atoms with Crippen LogP contribution in [0.25, 0.3) is 88.6 Å². The molecule has 8 aromatic carbocycles. The van der Waals surface area contributed by atoms with Gasteiger partial charge in [0.15, 0.2) is 0 Å². The fourth-order valence-corrected chi connectivity index (χ4v) is 18.7. The minimum atomic E-state index is -4.35. The summed E-state index contributed by atoms with van der Waals surface area (Å²) >= 11 is 0. The van der Waals surface area contributed by atoms with Crippen LogP contribution in [0, 0.1) is 83.1 Å². The normalized spacial score (nSPS) is 17.8. The van der Waals surface area contributed by atoms with Gasteiger partial charge >= 0.3 is 6.18 Å². The van der Waals surface area contributed by atoms with Crippen LogP contribution in [0.2, 0.25) is 0 Å². The van der Waals surface area contributed by atoms with Crippen LogP contribution in [0.3, 0.4) is 0 Å². The molecule has 0 amide bonds. The van der Waals surface area contributed by atoms with Gasteiger partial charge in [-0.15, -0.1) is 0 Å². The van der Waals surface area contributed by atoms with Crippen molar-refractivity contribution in [2.45, 2.75) is 211 Å². The van der Waals surface area contributed by atoms with E-state index in [2.05, 4.69) is 281 Å². The zero-order chi connectivity index (χ0) is 74.5. The third-order valence-corrected chi connectivity index (χ3v) is 26.7. The van der Waals surface area contributed by atoms with E-state index in [0.29, 0.717) is 17.4 Å². The van der Waals surface area contributed by atoms with Crippen molar-refractivity contribution in [2.24, 2.45) is 28.2 Å². The lowest BCUT2D eigenvalue weighted by molar-refractivity contribution is -0.633. The fraction of sp³-hybridized carbons (Fsp3) is 0.375. The van der Waals surface area contributed by atoms with E-state index in [4.69, 9.17) is 0 Å². The number of nitrogens with zero attached hydrogens (tertiary/aromatic N) is 4. The lowest BCUT2D eigenvalue weighted by atomic mass is 9.64.